The quantitative estimate of drug-likeness (QED) is 0.848. The third-order valence-electron chi connectivity index (χ3n) is 2.87. The molecule has 0 bridgehead atoms. The van der Waals surface area contributed by atoms with Crippen molar-refractivity contribution in [2.75, 3.05) is 24.3 Å². The van der Waals surface area contributed by atoms with Crippen molar-refractivity contribution in [3.05, 3.63) is 35.1 Å². The Labute approximate surface area is 129 Å². The van der Waals surface area contributed by atoms with Gasteiger partial charge in [0.1, 0.15) is 23.2 Å². The summed E-state index contributed by atoms with van der Waals surface area (Å²) >= 11 is 6.03. The lowest BCUT2D eigenvalue weighted by molar-refractivity contribution is 0.415. The van der Waals surface area contributed by atoms with Gasteiger partial charge in [0.2, 0.25) is 0 Å². The van der Waals surface area contributed by atoms with Crippen LogP contribution in [-0.4, -0.2) is 23.6 Å². The Morgan fingerprint density at radius 1 is 1.14 bits per heavy atom. The first-order chi connectivity index (χ1) is 10.2. The van der Waals surface area contributed by atoms with Crippen molar-refractivity contribution in [1.29, 1.82) is 0 Å². The van der Waals surface area contributed by atoms with E-state index in [9.17, 15) is 0 Å². The summed E-state index contributed by atoms with van der Waals surface area (Å²) in [5.41, 5.74) is 0.861. The van der Waals surface area contributed by atoms with Crippen LogP contribution in [0.15, 0.2) is 24.3 Å². The number of rotatable bonds is 6. The van der Waals surface area contributed by atoms with Crippen LogP contribution < -0.4 is 15.4 Å². The summed E-state index contributed by atoms with van der Waals surface area (Å²) in [5.74, 6) is 2.96. The van der Waals surface area contributed by atoms with Crippen molar-refractivity contribution in [3.63, 3.8) is 0 Å². The van der Waals surface area contributed by atoms with Crippen molar-refractivity contribution in [3.8, 4) is 5.75 Å². The number of nitrogens with one attached hydrogen (secondary N) is 2. The number of benzene rings is 1. The fourth-order valence-corrected chi connectivity index (χ4v) is 2.07. The Balaban J connectivity index is 2.27. The van der Waals surface area contributed by atoms with E-state index in [0.29, 0.717) is 10.8 Å². The Hall–Kier alpha value is -2.01. The van der Waals surface area contributed by atoms with Crippen molar-refractivity contribution < 1.29 is 4.74 Å². The van der Waals surface area contributed by atoms with Crippen LogP contribution in [0.2, 0.25) is 5.02 Å². The smallest absolute Gasteiger partial charge is 0.139 e. The summed E-state index contributed by atoms with van der Waals surface area (Å²) < 4.78 is 5.21. The number of hydrogen-bond donors (Lipinski definition) is 2. The summed E-state index contributed by atoms with van der Waals surface area (Å²) in [6, 6.07) is 7.38. The lowest BCUT2D eigenvalue weighted by Gasteiger charge is -2.11. The van der Waals surface area contributed by atoms with Gasteiger partial charge < -0.3 is 15.4 Å². The second-order valence-electron chi connectivity index (χ2n) is 4.41. The highest BCUT2D eigenvalue weighted by molar-refractivity contribution is 6.32. The lowest BCUT2D eigenvalue weighted by Crippen LogP contribution is -2.05. The molecule has 1 aromatic heterocycles. The molecule has 0 unspecified atom stereocenters. The molecule has 0 aliphatic heterocycles. The molecule has 2 N–H and O–H groups in total. The van der Waals surface area contributed by atoms with Gasteiger partial charge >= 0.3 is 0 Å². The molecule has 0 atom stereocenters. The molecule has 0 aliphatic carbocycles. The van der Waals surface area contributed by atoms with E-state index < -0.39 is 0 Å². The molecule has 0 amide bonds. The SMILES string of the molecule is CCNc1cc(Nc2ccc(Cl)c(OC)c2)nc(CC)n1. The van der Waals surface area contributed by atoms with Crippen LogP contribution in [0.3, 0.4) is 0 Å². The molecule has 112 valence electrons. The summed E-state index contributed by atoms with van der Waals surface area (Å²) in [5, 5.41) is 7.03. The lowest BCUT2D eigenvalue weighted by atomic mass is 10.3. The molecule has 0 spiro atoms. The number of hydrogen-bond acceptors (Lipinski definition) is 5. The highest BCUT2D eigenvalue weighted by atomic mass is 35.5. The van der Waals surface area contributed by atoms with Gasteiger partial charge in [-0.05, 0) is 19.1 Å². The molecule has 0 aliphatic rings. The van der Waals surface area contributed by atoms with Crippen molar-refractivity contribution in [2.45, 2.75) is 20.3 Å². The van der Waals surface area contributed by atoms with Crippen LogP contribution in [0.1, 0.15) is 19.7 Å². The van der Waals surface area contributed by atoms with Gasteiger partial charge in [-0.2, -0.15) is 0 Å². The molecule has 6 heteroatoms. The Bertz CT molecular complexity index is 619. The van der Waals surface area contributed by atoms with Gasteiger partial charge in [0.05, 0.1) is 12.1 Å². The average Bonchev–Trinajstić information content (AvgIpc) is 2.49. The second kappa shape index (κ2) is 7.13. The van der Waals surface area contributed by atoms with Crippen molar-refractivity contribution >= 4 is 28.9 Å². The molecule has 0 saturated carbocycles. The van der Waals surface area contributed by atoms with Gasteiger partial charge in [0, 0.05) is 30.8 Å². The Morgan fingerprint density at radius 3 is 2.57 bits per heavy atom. The zero-order valence-electron chi connectivity index (χ0n) is 12.4. The number of nitrogens with zero attached hydrogens (tertiary/aromatic N) is 2. The van der Waals surface area contributed by atoms with Crippen molar-refractivity contribution in [2.24, 2.45) is 0 Å². The molecular formula is C15H19ClN4O. The summed E-state index contributed by atoms with van der Waals surface area (Å²) in [7, 11) is 1.59. The Morgan fingerprint density at radius 2 is 1.90 bits per heavy atom. The number of aryl methyl sites for hydroxylation is 1. The van der Waals surface area contributed by atoms with E-state index in [-0.39, 0.29) is 0 Å². The minimum Gasteiger partial charge on any atom is -0.495 e. The van der Waals surface area contributed by atoms with Gasteiger partial charge in [0.25, 0.3) is 0 Å². The normalized spacial score (nSPS) is 10.3. The predicted molar refractivity (Wildman–Crippen MR) is 86.9 cm³/mol. The number of methoxy groups -OCH3 is 1. The largest absolute Gasteiger partial charge is 0.495 e. The van der Waals surface area contributed by atoms with Crippen LogP contribution in [0, 0.1) is 0 Å². The molecule has 5 nitrogen and oxygen atoms in total. The number of halogens is 1. The fourth-order valence-electron chi connectivity index (χ4n) is 1.88. The zero-order chi connectivity index (χ0) is 15.2. The van der Waals surface area contributed by atoms with Crippen LogP contribution >= 0.6 is 11.6 Å². The molecule has 1 heterocycles. The minimum absolute atomic E-state index is 0.577. The highest BCUT2D eigenvalue weighted by Crippen LogP contribution is 2.29. The molecule has 1 aromatic carbocycles. The monoisotopic (exact) mass is 306 g/mol. The summed E-state index contributed by atoms with van der Waals surface area (Å²) in [6.45, 7) is 4.87. The second-order valence-corrected chi connectivity index (χ2v) is 4.82. The maximum absolute atomic E-state index is 6.03. The summed E-state index contributed by atoms with van der Waals surface area (Å²) in [4.78, 5) is 8.89. The maximum atomic E-state index is 6.03. The molecule has 21 heavy (non-hydrogen) atoms. The number of ether oxygens (including phenoxy) is 1. The van der Waals surface area contributed by atoms with E-state index in [1.165, 1.54) is 0 Å². The molecule has 2 aromatic rings. The van der Waals surface area contributed by atoms with Crippen molar-refractivity contribution in [1.82, 2.24) is 9.97 Å². The molecule has 0 fully saturated rings. The van der Waals surface area contributed by atoms with Gasteiger partial charge in [-0.15, -0.1) is 0 Å². The molecule has 0 radical (unpaired) electrons. The molecular weight excluding hydrogens is 288 g/mol. The maximum Gasteiger partial charge on any atom is 0.139 e. The van der Waals surface area contributed by atoms with Crippen LogP contribution in [0.4, 0.5) is 17.3 Å². The minimum atomic E-state index is 0.577. The van der Waals surface area contributed by atoms with E-state index in [1.807, 2.05) is 32.0 Å². The van der Waals surface area contributed by atoms with Gasteiger partial charge in [0.15, 0.2) is 0 Å². The zero-order valence-corrected chi connectivity index (χ0v) is 13.2. The van der Waals surface area contributed by atoms with Crippen LogP contribution in [-0.2, 0) is 6.42 Å². The fraction of sp³-hybridized carbons (Fsp3) is 0.333. The molecule has 2 rings (SSSR count). The summed E-state index contributed by atoms with van der Waals surface area (Å²) in [6.07, 6.45) is 0.776. The van der Waals surface area contributed by atoms with Gasteiger partial charge in [-0.3, -0.25) is 0 Å². The topological polar surface area (TPSA) is 59.1 Å². The van der Waals surface area contributed by atoms with Crippen LogP contribution in [0.25, 0.3) is 0 Å². The number of aromatic nitrogens is 2. The van der Waals surface area contributed by atoms with E-state index in [2.05, 4.69) is 20.6 Å². The Kier molecular flexibility index (Phi) is 5.22. The van der Waals surface area contributed by atoms with Gasteiger partial charge in [-0.1, -0.05) is 18.5 Å². The standard InChI is InChI=1S/C15H19ClN4O/c1-4-13-19-14(17-5-2)9-15(20-13)18-10-6-7-11(16)12(8-10)21-3/h6-9H,4-5H2,1-3H3,(H2,17,18,19,20). The third-order valence-corrected chi connectivity index (χ3v) is 3.18. The van der Waals surface area contributed by atoms with E-state index in [0.717, 1.165) is 36.1 Å². The third kappa shape index (κ3) is 3.98. The van der Waals surface area contributed by atoms with Gasteiger partial charge in [-0.25, -0.2) is 9.97 Å². The van der Waals surface area contributed by atoms with E-state index >= 15 is 0 Å². The predicted octanol–water partition coefficient (Wildman–Crippen LogP) is 3.88. The highest BCUT2D eigenvalue weighted by Gasteiger charge is 2.06. The first-order valence-electron chi connectivity index (χ1n) is 6.88. The number of anilines is 3. The molecule has 0 saturated heterocycles. The van der Waals surface area contributed by atoms with Crippen LogP contribution in [0.5, 0.6) is 5.75 Å². The van der Waals surface area contributed by atoms with E-state index in [1.54, 1.807) is 13.2 Å². The average molecular weight is 307 g/mol. The first kappa shape index (κ1) is 15.4. The van der Waals surface area contributed by atoms with E-state index in [4.69, 9.17) is 16.3 Å². The first-order valence-corrected chi connectivity index (χ1v) is 7.26.